The highest BCUT2D eigenvalue weighted by atomic mass is 35.5. The molecule has 4 aromatic rings. The molecule has 0 aliphatic heterocycles. The van der Waals surface area contributed by atoms with Gasteiger partial charge in [-0.2, -0.15) is 0 Å². The van der Waals surface area contributed by atoms with Gasteiger partial charge in [0.05, 0.1) is 18.4 Å². The van der Waals surface area contributed by atoms with Crippen LogP contribution in [-0.4, -0.2) is 16.2 Å². The zero-order valence-corrected chi connectivity index (χ0v) is 15.3. The molecule has 0 spiro atoms. The van der Waals surface area contributed by atoms with E-state index < -0.39 is 0 Å². The van der Waals surface area contributed by atoms with Crippen LogP contribution >= 0.6 is 22.9 Å². The highest BCUT2D eigenvalue weighted by molar-refractivity contribution is 7.17. The van der Waals surface area contributed by atoms with Crippen LogP contribution in [0, 0.1) is 0 Å². The Morgan fingerprint density at radius 2 is 1.96 bits per heavy atom. The lowest BCUT2D eigenvalue weighted by Gasteiger charge is -2.08. The summed E-state index contributed by atoms with van der Waals surface area (Å²) in [5.74, 6) is 0.786. The van der Waals surface area contributed by atoms with E-state index in [9.17, 15) is 4.79 Å². The summed E-state index contributed by atoms with van der Waals surface area (Å²) in [6, 6.07) is 17.1. The third-order valence-electron chi connectivity index (χ3n) is 4.03. The normalized spacial score (nSPS) is 11.0. The summed E-state index contributed by atoms with van der Waals surface area (Å²) in [6.45, 7) is 0.852. The molecule has 2 heterocycles. The molecule has 26 heavy (non-hydrogen) atoms. The molecule has 0 N–H and O–H groups in total. The van der Waals surface area contributed by atoms with Gasteiger partial charge >= 0.3 is 0 Å². The van der Waals surface area contributed by atoms with Crippen LogP contribution in [0.3, 0.4) is 0 Å². The number of thiophene rings is 1. The van der Waals surface area contributed by atoms with Crippen LogP contribution in [0.2, 0.25) is 5.02 Å². The highest BCUT2D eigenvalue weighted by Gasteiger charge is 2.12. The Bertz CT molecular complexity index is 1110. The largest absolute Gasteiger partial charge is 0.492 e. The van der Waals surface area contributed by atoms with Crippen molar-refractivity contribution in [3.63, 3.8) is 0 Å². The number of para-hydroxylation sites is 1. The monoisotopic (exact) mass is 382 g/mol. The first kappa shape index (κ1) is 16.8. The molecule has 4 rings (SSSR count). The number of aromatic nitrogens is 2. The van der Waals surface area contributed by atoms with Crippen molar-refractivity contribution in [3.05, 3.63) is 81.7 Å². The van der Waals surface area contributed by atoms with Gasteiger partial charge in [0.25, 0.3) is 5.56 Å². The van der Waals surface area contributed by atoms with Gasteiger partial charge < -0.3 is 4.74 Å². The molecular formula is C20H15ClN2O2S. The standard InChI is InChI=1S/C20H15ClN2O2S/c21-15-6-4-5-14(11-15)17-12-26-19-18(17)22-13-23(20(19)24)9-10-25-16-7-2-1-3-8-16/h1-8,11-13H,9-10H2. The molecule has 0 aliphatic rings. The lowest BCUT2D eigenvalue weighted by atomic mass is 10.1. The first-order valence-corrected chi connectivity index (χ1v) is 9.38. The molecule has 0 radical (unpaired) electrons. The molecule has 0 amide bonds. The first-order chi connectivity index (χ1) is 12.7. The number of fused-ring (bicyclic) bond motifs is 1. The van der Waals surface area contributed by atoms with Gasteiger partial charge in [-0.1, -0.05) is 41.9 Å². The fourth-order valence-electron chi connectivity index (χ4n) is 2.74. The fraction of sp³-hybridized carbons (Fsp3) is 0.100. The van der Waals surface area contributed by atoms with Gasteiger partial charge in [0.2, 0.25) is 0 Å². The second-order valence-electron chi connectivity index (χ2n) is 5.74. The lowest BCUT2D eigenvalue weighted by Crippen LogP contribution is -2.22. The number of benzene rings is 2. The van der Waals surface area contributed by atoms with Crippen molar-refractivity contribution < 1.29 is 4.74 Å². The summed E-state index contributed by atoms with van der Waals surface area (Å²) in [7, 11) is 0. The molecule has 0 unspecified atom stereocenters. The maximum atomic E-state index is 12.7. The summed E-state index contributed by atoms with van der Waals surface area (Å²) in [4.78, 5) is 17.2. The Morgan fingerprint density at radius 3 is 2.77 bits per heavy atom. The minimum absolute atomic E-state index is 0.0510. The third-order valence-corrected chi connectivity index (χ3v) is 5.22. The molecule has 0 saturated carbocycles. The second-order valence-corrected chi connectivity index (χ2v) is 7.06. The first-order valence-electron chi connectivity index (χ1n) is 8.13. The minimum atomic E-state index is -0.0510. The highest BCUT2D eigenvalue weighted by Crippen LogP contribution is 2.31. The van der Waals surface area contributed by atoms with Gasteiger partial charge in [0.1, 0.15) is 17.1 Å². The van der Waals surface area contributed by atoms with Gasteiger partial charge in [-0.3, -0.25) is 9.36 Å². The van der Waals surface area contributed by atoms with Gasteiger partial charge in [-0.05, 0) is 29.8 Å². The van der Waals surface area contributed by atoms with Crippen LogP contribution in [0.25, 0.3) is 21.3 Å². The summed E-state index contributed by atoms with van der Waals surface area (Å²) in [5, 5.41) is 2.61. The molecule has 130 valence electrons. The maximum absolute atomic E-state index is 12.7. The van der Waals surface area contributed by atoms with Crippen molar-refractivity contribution in [2.24, 2.45) is 0 Å². The SMILES string of the molecule is O=c1c2scc(-c3cccc(Cl)c3)c2ncn1CCOc1ccccc1. The predicted octanol–water partition coefficient (Wildman–Crippen LogP) is 4.86. The topological polar surface area (TPSA) is 44.1 Å². The van der Waals surface area contributed by atoms with Crippen molar-refractivity contribution >= 4 is 33.2 Å². The molecule has 0 bridgehead atoms. The minimum Gasteiger partial charge on any atom is -0.492 e. The molecular weight excluding hydrogens is 368 g/mol. The number of hydrogen-bond acceptors (Lipinski definition) is 4. The Balaban J connectivity index is 1.59. The van der Waals surface area contributed by atoms with E-state index in [1.807, 2.05) is 60.0 Å². The van der Waals surface area contributed by atoms with Crippen LogP contribution in [-0.2, 0) is 6.54 Å². The Kier molecular flexibility index (Phi) is 4.73. The summed E-state index contributed by atoms with van der Waals surface area (Å²) < 4.78 is 7.89. The molecule has 0 fully saturated rings. The average molecular weight is 383 g/mol. The molecule has 6 heteroatoms. The maximum Gasteiger partial charge on any atom is 0.271 e. The van der Waals surface area contributed by atoms with Crippen molar-refractivity contribution in [3.8, 4) is 16.9 Å². The van der Waals surface area contributed by atoms with Crippen LogP contribution in [0.4, 0.5) is 0 Å². The van der Waals surface area contributed by atoms with Crippen molar-refractivity contribution in [2.75, 3.05) is 6.61 Å². The molecule has 0 saturated heterocycles. The van der Waals surface area contributed by atoms with E-state index in [1.165, 1.54) is 11.3 Å². The molecule has 4 nitrogen and oxygen atoms in total. The van der Waals surface area contributed by atoms with Gasteiger partial charge in [-0.15, -0.1) is 11.3 Å². The third kappa shape index (κ3) is 3.36. The van der Waals surface area contributed by atoms with Crippen molar-refractivity contribution in [2.45, 2.75) is 6.54 Å². The van der Waals surface area contributed by atoms with E-state index in [4.69, 9.17) is 16.3 Å². The van der Waals surface area contributed by atoms with Gasteiger partial charge in [0, 0.05) is 16.0 Å². The smallest absolute Gasteiger partial charge is 0.271 e. The number of hydrogen-bond donors (Lipinski definition) is 0. The van der Waals surface area contributed by atoms with E-state index >= 15 is 0 Å². The van der Waals surface area contributed by atoms with Crippen LogP contribution < -0.4 is 10.3 Å². The van der Waals surface area contributed by atoms with E-state index in [-0.39, 0.29) is 5.56 Å². The van der Waals surface area contributed by atoms with E-state index in [0.29, 0.717) is 28.4 Å². The lowest BCUT2D eigenvalue weighted by molar-refractivity contribution is 0.296. The molecule has 2 aromatic heterocycles. The summed E-state index contributed by atoms with van der Waals surface area (Å²) in [6.07, 6.45) is 1.58. The molecule has 2 aromatic carbocycles. The zero-order chi connectivity index (χ0) is 17.9. The molecule has 0 aliphatic carbocycles. The van der Waals surface area contributed by atoms with E-state index in [0.717, 1.165) is 16.9 Å². The van der Waals surface area contributed by atoms with E-state index in [1.54, 1.807) is 10.9 Å². The Morgan fingerprint density at radius 1 is 1.12 bits per heavy atom. The van der Waals surface area contributed by atoms with Crippen molar-refractivity contribution in [1.29, 1.82) is 0 Å². The number of halogens is 1. The second kappa shape index (κ2) is 7.32. The predicted molar refractivity (Wildman–Crippen MR) is 106 cm³/mol. The number of ether oxygens (including phenoxy) is 1. The summed E-state index contributed by atoms with van der Waals surface area (Å²) in [5.41, 5.74) is 2.55. The fourth-order valence-corrected chi connectivity index (χ4v) is 3.91. The van der Waals surface area contributed by atoms with Crippen LogP contribution in [0.1, 0.15) is 0 Å². The Labute approximate surface area is 159 Å². The van der Waals surface area contributed by atoms with Crippen LogP contribution in [0.15, 0.2) is 71.1 Å². The number of nitrogens with zero attached hydrogens (tertiary/aromatic N) is 2. The zero-order valence-electron chi connectivity index (χ0n) is 13.8. The van der Waals surface area contributed by atoms with Gasteiger partial charge in [0.15, 0.2) is 0 Å². The number of rotatable bonds is 5. The molecule has 0 atom stereocenters. The van der Waals surface area contributed by atoms with Crippen LogP contribution in [0.5, 0.6) is 5.75 Å². The summed E-state index contributed by atoms with van der Waals surface area (Å²) >= 11 is 7.49. The average Bonchev–Trinajstić information content (AvgIpc) is 3.09. The Hall–Kier alpha value is -2.63. The van der Waals surface area contributed by atoms with E-state index in [2.05, 4.69) is 4.98 Å². The quantitative estimate of drug-likeness (QED) is 0.495. The van der Waals surface area contributed by atoms with Crippen molar-refractivity contribution in [1.82, 2.24) is 9.55 Å². The van der Waals surface area contributed by atoms with Gasteiger partial charge in [-0.25, -0.2) is 4.98 Å².